The molecule has 0 fully saturated rings. The SMILES string of the molecule is CC(c1ccc(-c2ccc(F)c(C(=O)O)c2)cc1Cl)C(O)(c1ccc2c(c1)N(C)S(=O)(=O)N2C)C(F)(F)F. The molecular weight excluding hydrogens is 552 g/mol. The standard InChI is InChI=1S/C25H21ClF4N2O5S/c1-13(17-7-4-15(11-19(17)26)14-5-8-20(27)18(10-14)23(33)34)24(35,25(28,29)30)16-6-9-21-22(12-16)32(3)38(36,37)31(21)2/h4-13,35H,1-3H3,(H,33,34). The van der Waals surface area contributed by atoms with E-state index in [1.807, 2.05) is 0 Å². The Kier molecular flexibility index (Phi) is 6.66. The maximum Gasteiger partial charge on any atom is 0.422 e. The average Bonchev–Trinajstić information content (AvgIpc) is 3.02. The Morgan fingerprint density at radius 1 is 0.947 bits per heavy atom. The van der Waals surface area contributed by atoms with Crippen LogP contribution in [-0.4, -0.2) is 44.9 Å². The Labute approximate surface area is 220 Å². The molecule has 0 amide bonds. The molecule has 0 saturated heterocycles. The fourth-order valence-electron chi connectivity index (χ4n) is 4.52. The lowest BCUT2D eigenvalue weighted by atomic mass is 9.77. The number of benzene rings is 3. The molecule has 0 saturated carbocycles. The van der Waals surface area contributed by atoms with Gasteiger partial charge in [0.25, 0.3) is 0 Å². The van der Waals surface area contributed by atoms with Crippen LogP contribution in [0.15, 0.2) is 54.6 Å². The molecule has 2 atom stereocenters. The van der Waals surface area contributed by atoms with Gasteiger partial charge in [-0.15, -0.1) is 0 Å². The summed E-state index contributed by atoms with van der Waals surface area (Å²) in [6.07, 6.45) is -5.20. The highest BCUT2D eigenvalue weighted by molar-refractivity contribution is 7.94. The molecule has 3 aromatic carbocycles. The smallest absolute Gasteiger partial charge is 0.422 e. The third-order valence-corrected chi connectivity index (χ3v) is 8.95. The number of aromatic carboxylic acids is 1. The van der Waals surface area contributed by atoms with Gasteiger partial charge < -0.3 is 10.2 Å². The van der Waals surface area contributed by atoms with Crippen LogP contribution in [0.3, 0.4) is 0 Å². The fraction of sp³-hybridized carbons (Fsp3) is 0.240. The van der Waals surface area contributed by atoms with Gasteiger partial charge in [-0.1, -0.05) is 42.8 Å². The summed E-state index contributed by atoms with van der Waals surface area (Å²) < 4.78 is 83.9. The summed E-state index contributed by atoms with van der Waals surface area (Å²) in [6, 6.07) is 10.5. The van der Waals surface area contributed by atoms with Crippen molar-refractivity contribution < 1.29 is 41.0 Å². The Morgan fingerprint density at radius 3 is 2.11 bits per heavy atom. The largest absolute Gasteiger partial charge is 0.478 e. The molecule has 202 valence electrons. The molecule has 38 heavy (non-hydrogen) atoms. The van der Waals surface area contributed by atoms with Crippen molar-refractivity contribution in [3.8, 4) is 11.1 Å². The van der Waals surface area contributed by atoms with Crippen LogP contribution in [0.2, 0.25) is 5.02 Å². The van der Waals surface area contributed by atoms with E-state index in [2.05, 4.69) is 0 Å². The van der Waals surface area contributed by atoms with Crippen LogP contribution < -0.4 is 8.61 Å². The van der Waals surface area contributed by atoms with Gasteiger partial charge in [-0.05, 0) is 52.6 Å². The molecule has 1 aliphatic heterocycles. The minimum Gasteiger partial charge on any atom is -0.478 e. The van der Waals surface area contributed by atoms with Crippen LogP contribution >= 0.6 is 11.6 Å². The molecule has 1 aliphatic rings. The summed E-state index contributed by atoms with van der Waals surface area (Å²) >= 11 is 6.36. The van der Waals surface area contributed by atoms with Crippen molar-refractivity contribution in [3.05, 3.63) is 82.1 Å². The fourth-order valence-corrected chi connectivity index (χ4v) is 6.03. The van der Waals surface area contributed by atoms with Crippen LogP contribution in [0.4, 0.5) is 28.9 Å². The Balaban J connectivity index is 1.80. The normalized spacial score (nSPS) is 17.2. The first-order valence-electron chi connectivity index (χ1n) is 11.0. The highest BCUT2D eigenvalue weighted by Crippen LogP contribution is 2.52. The molecule has 0 radical (unpaired) electrons. The predicted octanol–water partition coefficient (Wildman–Crippen LogP) is 5.53. The monoisotopic (exact) mass is 572 g/mol. The maximum atomic E-state index is 14.5. The number of hydrogen-bond acceptors (Lipinski definition) is 4. The van der Waals surface area contributed by atoms with Crippen LogP contribution in [0.25, 0.3) is 11.1 Å². The summed E-state index contributed by atoms with van der Waals surface area (Å²) in [5, 5.41) is 20.2. The van der Waals surface area contributed by atoms with Gasteiger partial charge in [0.15, 0.2) is 5.60 Å². The number of anilines is 2. The van der Waals surface area contributed by atoms with E-state index in [0.717, 1.165) is 39.8 Å². The van der Waals surface area contributed by atoms with Gasteiger partial charge in [0.05, 0.1) is 16.9 Å². The summed E-state index contributed by atoms with van der Waals surface area (Å²) in [7, 11) is -1.51. The summed E-state index contributed by atoms with van der Waals surface area (Å²) in [4.78, 5) is 11.3. The lowest BCUT2D eigenvalue weighted by molar-refractivity contribution is -0.274. The van der Waals surface area contributed by atoms with Crippen molar-refractivity contribution in [1.29, 1.82) is 0 Å². The zero-order chi connectivity index (χ0) is 28.4. The average molecular weight is 573 g/mol. The number of aliphatic hydroxyl groups is 1. The van der Waals surface area contributed by atoms with Crippen molar-refractivity contribution in [2.75, 3.05) is 22.7 Å². The number of hydrogen-bond donors (Lipinski definition) is 2. The van der Waals surface area contributed by atoms with Crippen molar-refractivity contribution >= 4 is 39.2 Å². The number of fused-ring (bicyclic) bond motifs is 1. The molecule has 3 aromatic rings. The molecule has 7 nitrogen and oxygen atoms in total. The molecular formula is C25H21ClF4N2O5S. The Hall–Kier alpha value is -3.35. The van der Waals surface area contributed by atoms with E-state index in [9.17, 15) is 35.9 Å². The van der Waals surface area contributed by atoms with Crippen molar-refractivity contribution in [2.45, 2.75) is 24.6 Å². The Morgan fingerprint density at radius 2 is 1.53 bits per heavy atom. The second-order valence-electron chi connectivity index (χ2n) is 8.87. The molecule has 4 rings (SSSR count). The molecule has 1 heterocycles. The minimum atomic E-state index is -5.20. The van der Waals surface area contributed by atoms with Gasteiger partial charge in [0.2, 0.25) is 0 Å². The topological polar surface area (TPSA) is 98.1 Å². The van der Waals surface area contributed by atoms with Crippen LogP contribution in [0.1, 0.15) is 34.3 Å². The van der Waals surface area contributed by atoms with Gasteiger partial charge in [-0.2, -0.15) is 21.6 Å². The third-order valence-electron chi connectivity index (χ3n) is 6.84. The predicted molar refractivity (Wildman–Crippen MR) is 134 cm³/mol. The van der Waals surface area contributed by atoms with Crippen molar-refractivity contribution in [3.63, 3.8) is 0 Å². The Bertz CT molecular complexity index is 1560. The zero-order valence-electron chi connectivity index (χ0n) is 20.1. The van der Waals surface area contributed by atoms with Gasteiger partial charge >= 0.3 is 22.4 Å². The van der Waals surface area contributed by atoms with Crippen LogP contribution in [0.5, 0.6) is 0 Å². The number of alkyl halides is 3. The molecule has 2 N–H and O–H groups in total. The molecule has 0 bridgehead atoms. The first kappa shape index (κ1) is 27.7. The highest BCUT2D eigenvalue weighted by Gasteiger charge is 2.59. The minimum absolute atomic E-state index is 0.0353. The first-order chi connectivity index (χ1) is 17.5. The van der Waals surface area contributed by atoms with E-state index in [0.29, 0.717) is 5.56 Å². The number of carbonyl (C=O) groups is 1. The highest BCUT2D eigenvalue weighted by atomic mass is 35.5. The number of halogens is 5. The van der Waals surface area contributed by atoms with Gasteiger partial charge in [0, 0.05) is 25.0 Å². The summed E-state index contributed by atoms with van der Waals surface area (Å²) in [5.74, 6) is -4.10. The van der Waals surface area contributed by atoms with Gasteiger partial charge in [0.1, 0.15) is 5.82 Å². The van der Waals surface area contributed by atoms with E-state index >= 15 is 0 Å². The van der Waals surface area contributed by atoms with Crippen molar-refractivity contribution in [1.82, 2.24) is 0 Å². The van der Waals surface area contributed by atoms with E-state index in [-0.39, 0.29) is 27.5 Å². The van der Waals surface area contributed by atoms with Crippen molar-refractivity contribution in [2.24, 2.45) is 0 Å². The molecule has 0 aromatic heterocycles. The quantitative estimate of drug-likeness (QED) is 0.392. The maximum absolute atomic E-state index is 14.5. The lowest BCUT2D eigenvalue weighted by Crippen LogP contribution is -2.46. The van der Waals surface area contributed by atoms with E-state index < -0.39 is 50.8 Å². The van der Waals surface area contributed by atoms with Crippen LogP contribution in [-0.2, 0) is 15.8 Å². The van der Waals surface area contributed by atoms with Gasteiger partial charge in [-0.25, -0.2) is 9.18 Å². The lowest BCUT2D eigenvalue weighted by Gasteiger charge is -2.37. The number of carboxylic acid groups (broad SMARTS) is 1. The number of rotatable bonds is 5. The second-order valence-corrected chi connectivity index (χ2v) is 11.3. The van der Waals surface area contributed by atoms with E-state index in [4.69, 9.17) is 16.7 Å². The zero-order valence-corrected chi connectivity index (χ0v) is 21.7. The van der Waals surface area contributed by atoms with E-state index in [1.54, 1.807) is 0 Å². The molecule has 13 heteroatoms. The molecule has 0 aliphatic carbocycles. The van der Waals surface area contributed by atoms with E-state index in [1.165, 1.54) is 44.4 Å². The number of nitrogens with zero attached hydrogens (tertiary/aromatic N) is 2. The number of carboxylic acids is 1. The first-order valence-corrected chi connectivity index (χ1v) is 12.8. The summed E-state index contributed by atoms with van der Waals surface area (Å²) in [5.41, 5.74) is -4.02. The third kappa shape index (κ3) is 4.16. The molecule has 0 spiro atoms. The summed E-state index contributed by atoms with van der Waals surface area (Å²) in [6.45, 7) is 1.13. The molecule has 2 unspecified atom stereocenters. The van der Waals surface area contributed by atoms with Crippen LogP contribution in [0, 0.1) is 5.82 Å². The second kappa shape index (κ2) is 9.14. The van der Waals surface area contributed by atoms with Gasteiger partial charge in [-0.3, -0.25) is 8.61 Å².